The predicted molar refractivity (Wildman–Crippen MR) is 117 cm³/mol. The van der Waals surface area contributed by atoms with Gasteiger partial charge in [0.2, 0.25) is 11.8 Å². The number of halogens is 2. The molecular weight excluding hydrogens is 415 g/mol. The number of hydrogen-bond donors (Lipinski definition) is 2. The first-order valence-electron chi connectivity index (χ1n) is 9.81. The van der Waals surface area contributed by atoms with Gasteiger partial charge in [-0.15, -0.1) is 0 Å². The molecule has 0 unspecified atom stereocenters. The van der Waals surface area contributed by atoms with Gasteiger partial charge < -0.3 is 15.4 Å². The van der Waals surface area contributed by atoms with Gasteiger partial charge in [-0.2, -0.15) is 0 Å². The van der Waals surface area contributed by atoms with Gasteiger partial charge in [0.25, 0.3) is 0 Å². The molecule has 1 aromatic carbocycles. The van der Waals surface area contributed by atoms with Crippen molar-refractivity contribution in [3.05, 3.63) is 28.2 Å². The van der Waals surface area contributed by atoms with E-state index in [2.05, 4.69) is 29.4 Å². The summed E-state index contributed by atoms with van der Waals surface area (Å²) in [5.41, 5.74) is 0.564. The number of carbonyl (C=O) groups excluding carboxylic acids is 2. The Bertz CT molecular complexity index is 694. The van der Waals surface area contributed by atoms with E-state index in [-0.39, 0.29) is 37.1 Å². The summed E-state index contributed by atoms with van der Waals surface area (Å²) in [7, 11) is 1.73. The number of anilines is 1. The first kappa shape index (κ1) is 23.9. The fraction of sp³-hybridized carbons (Fsp3) is 0.600. The molecule has 1 fully saturated rings. The number of hydrogen-bond acceptors (Lipinski definition) is 5. The maximum absolute atomic E-state index is 12.1. The molecule has 2 amide bonds. The van der Waals surface area contributed by atoms with Crippen LogP contribution in [0.4, 0.5) is 5.69 Å². The Morgan fingerprint density at radius 3 is 2.45 bits per heavy atom. The summed E-state index contributed by atoms with van der Waals surface area (Å²) < 4.78 is 5.72. The minimum atomic E-state index is -0.228. The smallest absolute Gasteiger partial charge is 0.238 e. The van der Waals surface area contributed by atoms with Gasteiger partial charge in [-0.05, 0) is 45.5 Å². The van der Waals surface area contributed by atoms with E-state index in [0.717, 1.165) is 26.1 Å². The molecule has 9 heteroatoms. The lowest BCUT2D eigenvalue weighted by atomic mass is 10.2. The van der Waals surface area contributed by atoms with Crippen molar-refractivity contribution in [1.29, 1.82) is 0 Å². The summed E-state index contributed by atoms with van der Waals surface area (Å²) >= 11 is 11.8. The molecule has 7 nitrogen and oxygen atoms in total. The van der Waals surface area contributed by atoms with Crippen molar-refractivity contribution in [3.63, 3.8) is 0 Å². The van der Waals surface area contributed by atoms with Gasteiger partial charge in [-0.1, -0.05) is 23.2 Å². The molecule has 0 radical (unpaired) electrons. The number of likely N-dealkylation sites (N-methyl/N-ethyl adjacent to an activating group) is 1. The first-order chi connectivity index (χ1) is 13.7. The van der Waals surface area contributed by atoms with Gasteiger partial charge in [-0.25, -0.2) is 0 Å². The molecule has 1 heterocycles. The van der Waals surface area contributed by atoms with Gasteiger partial charge >= 0.3 is 0 Å². The van der Waals surface area contributed by atoms with Crippen LogP contribution in [0.5, 0.6) is 0 Å². The SMILES string of the molecule is C[C@H]1CN(CCCNC(=O)CN(C)CC(=O)Nc2ccc(Cl)c(Cl)c2)C[C@H](C)O1. The second kappa shape index (κ2) is 11.7. The van der Waals surface area contributed by atoms with Crippen LogP contribution in [0.15, 0.2) is 18.2 Å². The Morgan fingerprint density at radius 1 is 1.14 bits per heavy atom. The van der Waals surface area contributed by atoms with Crippen molar-refractivity contribution < 1.29 is 14.3 Å². The molecule has 1 aliphatic heterocycles. The van der Waals surface area contributed by atoms with Crippen LogP contribution in [0.25, 0.3) is 0 Å². The molecular formula is C20H30Cl2N4O3. The third-order valence-electron chi connectivity index (χ3n) is 4.50. The number of nitrogens with zero attached hydrogens (tertiary/aromatic N) is 2. The molecule has 2 rings (SSSR count). The molecule has 2 N–H and O–H groups in total. The van der Waals surface area contributed by atoms with E-state index in [0.29, 0.717) is 22.3 Å². The summed E-state index contributed by atoms with van der Waals surface area (Å²) in [4.78, 5) is 28.2. The second-order valence-corrected chi connectivity index (χ2v) is 8.38. The molecule has 1 aromatic rings. The highest BCUT2D eigenvalue weighted by Gasteiger charge is 2.21. The molecule has 0 saturated carbocycles. The van der Waals surface area contributed by atoms with Crippen LogP contribution >= 0.6 is 23.2 Å². The van der Waals surface area contributed by atoms with Crippen molar-refractivity contribution in [2.24, 2.45) is 0 Å². The maximum Gasteiger partial charge on any atom is 0.238 e. The van der Waals surface area contributed by atoms with Gasteiger partial charge in [0.1, 0.15) is 0 Å². The summed E-state index contributed by atoms with van der Waals surface area (Å²) in [6, 6.07) is 4.88. The molecule has 1 saturated heterocycles. The fourth-order valence-corrected chi connectivity index (χ4v) is 3.67. The second-order valence-electron chi connectivity index (χ2n) is 7.57. The van der Waals surface area contributed by atoms with Crippen LogP contribution in [-0.4, -0.2) is 80.1 Å². The third-order valence-corrected chi connectivity index (χ3v) is 5.24. The Balaban J connectivity index is 1.61. The van der Waals surface area contributed by atoms with Crippen LogP contribution in [0, 0.1) is 0 Å². The average molecular weight is 445 g/mol. The number of ether oxygens (including phenoxy) is 1. The quantitative estimate of drug-likeness (QED) is 0.572. The van der Waals surface area contributed by atoms with Gasteiger partial charge in [0.15, 0.2) is 0 Å². The van der Waals surface area contributed by atoms with Crippen LogP contribution in [0.1, 0.15) is 20.3 Å². The Hall–Kier alpha value is -1.38. The predicted octanol–water partition coefficient (Wildman–Crippen LogP) is 2.48. The number of rotatable bonds is 9. The maximum atomic E-state index is 12.1. The highest BCUT2D eigenvalue weighted by Crippen LogP contribution is 2.24. The van der Waals surface area contributed by atoms with Crippen molar-refractivity contribution in [2.45, 2.75) is 32.5 Å². The zero-order valence-corrected chi connectivity index (χ0v) is 18.7. The molecule has 0 aliphatic carbocycles. The van der Waals surface area contributed by atoms with Crippen LogP contribution in [0.2, 0.25) is 10.0 Å². The minimum absolute atomic E-state index is 0.0945. The summed E-state index contributed by atoms with van der Waals surface area (Å²) in [6.45, 7) is 7.81. The fourth-order valence-electron chi connectivity index (χ4n) is 3.37. The van der Waals surface area contributed by atoms with Crippen molar-refractivity contribution in [3.8, 4) is 0 Å². The molecule has 0 spiro atoms. The number of nitrogens with one attached hydrogen (secondary N) is 2. The number of carbonyl (C=O) groups is 2. The molecule has 1 aliphatic rings. The number of morpholine rings is 1. The summed E-state index contributed by atoms with van der Waals surface area (Å²) in [5, 5.41) is 6.45. The summed E-state index contributed by atoms with van der Waals surface area (Å²) in [5.74, 6) is -0.326. The van der Waals surface area contributed by atoms with E-state index in [1.54, 1.807) is 30.1 Å². The molecule has 29 heavy (non-hydrogen) atoms. The summed E-state index contributed by atoms with van der Waals surface area (Å²) in [6.07, 6.45) is 1.38. The zero-order chi connectivity index (χ0) is 21.4. The largest absolute Gasteiger partial charge is 0.373 e. The lowest BCUT2D eigenvalue weighted by Gasteiger charge is -2.35. The Kier molecular flexibility index (Phi) is 9.65. The number of benzene rings is 1. The average Bonchev–Trinajstić information content (AvgIpc) is 2.61. The highest BCUT2D eigenvalue weighted by atomic mass is 35.5. The number of amides is 2. The first-order valence-corrected chi connectivity index (χ1v) is 10.6. The van der Waals surface area contributed by atoms with Gasteiger partial charge in [0.05, 0.1) is 35.3 Å². The van der Waals surface area contributed by atoms with Gasteiger partial charge in [-0.3, -0.25) is 19.4 Å². The van der Waals surface area contributed by atoms with Crippen molar-refractivity contribution in [2.75, 3.05) is 51.6 Å². The molecule has 162 valence electrons. The van der Waals surface area contributed by atoms with Crippen LogP contribution < -0.4 is 10.6 Å². The molecule has 0 aromatic heterocycles. The van der Waals surface area contributed by atoms with E-state index in [1.807, 2.05) is 0 Å². The van der Waals surface area contributed by atoms with Gasteiger partial charge in [0, 0.05) is 31.9 Å². The Morgan fingerprint density at radius 2 is 1.79 bits per heavy atom. The van der Waals surface area contributed by atoms with Crippen molar-refractivity contribution >= 4 is 40.7 Å². The molecule has 0 bridgehead atoms. The van der Waals surface area contributed by atoms with Crippen molar-refractivity contribution in [1.82, 2.24) is 15.1 Å². The monoisotopic (exact) mass is 444 g/mol. The highest BCUT2D eigenvalue weighted by molar-refractivity contribution is 6.42. The molecule has 2 atom stereocenters. The minimum Gasteiger partial charge on any atom is -0.373 e. The topological polar surface area (TPSA) is 73.9 Å². The Labute approximate surface area is 182 Å². The van der Waals surface area contributed by atoms with Crippen LogP contribution in [0.3, 0.4) is 0 Å². The lowest BCUT2D eigenvalue weighted by molar-refractivity contribution is -0.123. The van der Waals surface area contributed by atoms with E-state index in [9.17, 15) is 9.59 Å². The lowest BCUT2D eigenvalue weighted by Crippen LogP contribution is -2.46. The zero-order valence-electron chi connectivity index (χ0n) is 17.2. The standard InChI is InChI=1S/C20H30Cl2N4O3/c1-14-10-26(11-15(2)29-14)8-4-7-23-19(27)12-25(3)13-20(28)24-16-5-6-17(21)18(22)9-16/h5-6,9,14-15H,4,7-8,10-13H2,1-3H3,(H,23,27)(H,24,28)/t14-,15-/m0/s1. The van der Waals surface area contributed by atoms with E-state index in [1.165, 1.54) is 0 Å². The van der Waals surface area contributed by atoms with Crippen LogP contribution in [-0.2, 0) is 14.3 Å². The third kappa shape index (κ3) is 8.88. The normalized spacial score (nSPS) is 19.9. The van der Waals surface area contributed by atoms with E-state index >= 15 is 0 Å². The van der Waals surface area contributed by atoms with E-state index in [4.69, 9.17) is 27.9 Å². The van der Waals surface area contributed by atoms with E-state index < -0.39 is 0 Å².